The SMILES string of the molecule is [C-]#[N+]c1cccc(-c2ccc(-n3c4ccccc4c4cc5oc6ccccc6c5cc43)cc2)c1-n1c2ccccc2c2cc3oc4ccccc4c3cc21. The maximum atomic E-state index is 8.34. The predicted octanol–water partition coefficient (Wildman–Crippen LogP) is 13.9. The molecule has 12 rings (SSSR count). The topological polar surface area (TPSA) is 40.5 Å². The molecule has 0 aliphatic rings. The Labute approximate surface area is 307 Å². The Bertz CT molecular complexity index is 3570. The Hall–Kier alpha value is -7.55. The van der Waals surface area contributed by atoms with E-state index in [1.165, 1.54) is 5.39 Å². The van der Waals surface area contributed by atoms with Crippen molar-refractivity contribution in [2.24, 2.45) is 0 Å². The molecule has 5 nitrogen and oxygen atoms in total. The second kappa shape index (κ2) is 10.7. The van der Waals surface area contributed by atoms with Gasteiger partial charge in [-0.1, -0.05) is 103 Å². The molecule has 0 radical (unpaired) electrons. The third-order valence-electron chi connectivity index (χ3n) is 11.1. The molecule has 250 valence electrons. The van der Waals surface area contributed by atoms with E-state index in [1.54, 1.807) is 0 Å². The average molecular weight is 690 g/mol. The van der Waals surface area contributed by atoms with Crippen molar-refractivity contribution in [2.45, 2.75) is 0 Å². The zero-order valence-corrected chi connectivity index (χ0v) is 28.7. The van der Waals surface area contributed by atoms with Crippen molar-refractivity contribution < 1.29 is 8.83 Å². The number of fused-ring (bicyclic) bond motifs is 12. The number of hydrogen-bond donors (Lipinski definition) is 0. The largest absolute Gasteiger partial charge is 0.456 e. The maximum Gasteiger partial charge on any atom is 0.211 e. The highest BCUT2D eigenvalue weighted by molar-refractivity contribution is 6.19. The molecule has 54 heavy (non-hydrogen) atoms. The first kappa shape index (κ1) is 29.1. The Morgan fingerprint density at radius 1 is 0.389 bits per heavy atom. The van der Waals surface area contributed by atoms with Crippen molar-refractivity contribution in [2.75, 3.05) is 0 Å². The van der Waals surface area contributed by atoms with Crippen LogP contribution in [0.15, 0.2) is 173 Å². The van der Waals surface area contributed by atoms with Crippen molar-refractivity contribution in [1.29, 1.82) is 0 Å². The number of para-hydroxylation sites is 5. The van der Waals surface area contributed by atoms with Crippen LogP contribution in [0, 0.1) is 6.57 Å². The highest BCUT2D eigenvalue weighted by Gasteiger charge is 2.22. The van der Waals surface area contributed by atoms with Gasteiger partial charge in [-0.25, -0.2) is 4.85 Å². The number of rotatable bonds is 3. The van der Waals surface area contributed by atoms with Crippen LogP contribution < -0.4 is 0 Å². The summed E-state index contributed by atoms with van der Waals surface area (Å²) in [7, 11) is 0. The maximum absolute atomic E-state index is 8.34. The molecule has 0 saturated carbocycles. The summed E-state index contributed by atoms with van der Waals surface area (Å²) in [5.41, 5.74) is 12.4. The highest BCUT2D eigenvalue weighted by Crippen LogP contribution is 2.44. The zero-order chi connectivity index (χ0) is 35.5. The first-order valence-corrected chi connectivity index (χ1v) is 18.0. The Morgan fingerprint density at radius 2 is 0.907 bits per heavy atom. The molecule has 4 aromatic heterocycles. The normalized spacial score (nSPS) is 12.1. The molecule has 5 heteroatoms. The molecule has 0 unspecified atom stereocenters. The lowest BCUT2D eigenvalue weighted by Gasteiger charge is -2.17. The van der Waals surface area contributed by atoms with Gasteiger partial charge < -0.3 is 18.0 Å². The van der Waals surface area contributed by atoms with Crippen LogP contribution >= 0.6 is 0 Å². The molecule has 0 bridgehead atoms. The minimum atomic E-state index is 0.593. The molecule has 0 saturated heterocycles. The molecule has 0 aliphatic carbocycles. The summed E-state index contributed by atoms with van der Waals surface area (Å²) in [6.07, 6.45) is 0. The third kappa shape index (κ3) is 3.91. The fourth-order valence-electron chi connectivity index (χ4n) is 8.77. The van der Waals surface area contributed by atoms with Crippen LogP contribution in [0.2, 0.25) is 0 Å². The first-order valence-electron chi connectivity index (χ1n) is 18.0. The van der Waals surface area contributed by atoms with Gasteiger partial charge in [0, 0.05) is 48.8 Å². The Balaban J connectivity index is 1.08. The lowest BCUT2D eigenvalue weighted by molar-refractivity contribution is 0.669. The van der Waals surface area contributed by atoms with Gasteiger partial charge in [-0.3, -0.25) is 0 Å². The van der Waals surface area contributed by atoms with Crippen LogP contribution in [0.3, 0.4) is 0 Å². The van der Waals surface area contributed by atoms with E-state index in [0.29, 0.717) is 5.69 Å². The van der Waals surface area contributed by atoms with Crippen LogP contribution in [-0.4, -0.2) is 9.13 Å². The summed E-state index contributed by atoms with van der Waals surface area (Å²) >= 11 is 0. The second-order valence-corrected chi connectivity index (χ2v) is 14.0. The standard InChI is InChI=1S/C49H27N3O2/c1-50-40-16-10-15-31(49(40)52-42-18-7-3-12-33(42)37-28-48-39(26-44(37)52)35-14-5-9-20-46(35)54-48)29-21-23-30(24-22-29)51-41-17-6-2-11-32(41)36-27-47-38(25-43(36)51)34-13-4-8-19-45(34)53-47/h2-28H. The molecule has 12 aromatic rings. The summed E-state index contributed by atoms with van der Waals surface area (Å²) in [6, 6.07) is 57.1. The van der Waals surface area contributed by atoms with E-state index in [-0.39, 0.29) is 0 Å². The van der Waals surface area contributed by atoms with Gasteiger partial charge in [0.05, 0.1) is 34.3 Å². The van der Waals surface area contributed by atoms with Crippen LogP contribution in [-0.2, 0) is 0 Å². The summed E-state index contributed by atoms with van der Waals surface area (Å²) < 4.78 is 17.3. The average Bonchev–Trinajstić information content (AvgIpc) is 3.96. The van der Waals surface area contributed by atoms with E-state index >= 15 is 0 Å². The highest BCUT2D eigenvalue weighted by atomic mass is 16.3. The fourth-order valence-corrected chi connectivity index (χ4v) is 8.77. The van der Waals surface area contributed by atoms with E-state index in [0.717, 1.165) is 105 Å². The Kier molecular flexibility index (Phi) is 5.78. The van der Waals surface area contributed by atoms with Crippen molar-refractivity contribution in [3.63, 3.8) is 0 Å². The summed E-state index contributed by atoms with van der Waals surface area (Å²) in [5, 5.41) is 8.88. The van der Waals surface area contributed by atoms with Gasteiger partial charge in [0.25, 0.3) is 0 Å². The monoisotopic (exact) mass is 689 g/mol. The Morgan fingerprint density at radius 3 is 1.50 bits per heavy atom. The predicted molar refractivity (Wildman–Crippen MR) is 221 cm³/mol. The van der Waals surface area contributed by atoms with Gasteiger partial charge in [-0.05, 0) is 71.8 Å². The van der Waals surface area contributed by atoms with Crippen LogP contribution in [0.25, 0.3) is 115 Å². The number of aromatic nitrogens is 2. The van der Waals surface area contributed by atoms with E-state index in [9.17, 15) is 0 Å². The smallest absolute Gasteiger partial charge is 0.211 e. The van der Waals surface area contributed by atoms with Gasteiger partial charge in [0.2, 0.25) is 5.69 Å². The first-order chi connectivity index (χ1) is 26.7. The zero-order valence-electron chi connectivity index (χ0n) is 28.7. The minimum absolute atomic E-state index is 0.593. The molecular weight excluding hydrogens is 663 g/mol. The van der Waals surface area contributed by atoms with Gasteiger partial charge >= 0.3 is 0 Å². The van der Waals surface area contributed by atoms with Crippen LogP contribution in [0.4, 0.5) is 5.69 Å². The summed E-state index contributed by atoms with van der Waals surface area (Å²) in [6.45, 7) is 8.34. The molecule has 0 spiro atoms. The van der Waals surface area contributed by atoms with Gasteiger partial charge in [0.15, 0.2) is 0 Å². The molecule has 0 atom stereocenters. The molecule has 0 amide bonds. The van der Waals surface area contributed by atoms with Gasteiger partial charge in [-0.15, -0.1) is 0 Å². The van der Waals surface area contributed by atoms with Crippen molar-refractivity contribution in [3.05, 3.63) is 175 Å². The third-order valence-corrected chi connectivity index (χ3v) is 11.1. The van der Waals surface area contributed by atoms with Gasteiger partial charge in [-0.2, -0.15) is 0 Å². The summed E-state index contributed by atoms with van der Waals surface area (Å²) in [4.78, 5) is 4.10. The minimum Gasteiger partial charge on any atom is -0.456 e. The number of benzene rings is 8. The summed E-state index contributed by atoms with van der Waals surface area (Å²) in [5.74, 6) is 0. The number of nitrogens with zero attached hydrogens (tertiary/aromatic N) is 3. The van der Waals surface area contributed by atoms with Crippen LogP contribution in [0.1, 0.15) is 0 Å². The molecule has 0 fully saturated rings. The molecule has 0 N–H and O–H groups in total. The van der Waals surface area contributed by atoms with Crippen LogP contribution in [0.5, 0.6) is 0 Å². The van der Waals surface area contributed by atoms with Crippen molar-refractivity contribution in [3.8, 4) is 22.5 Å². The second-order valence-electron chi connectivity index (χ2n) is 14.0. The van der Waals surface area contributed by atoms with Crippen molar-refractivity contribution >= 4 is 93.2 Å². The van der Waals surface area contributed by atoms with E-state index in [4.69, 9.17) is 15.4 Å². The number of furan rings is 2. The lowest BCUT2D eigenvalue weighted by Crippen LogP contribution is -1.98. The fraction of sp³-hybridized carbons (Fsp3) is 0. The van der Waals surface area contributed by atoms with Gasteiger partial charge in [0.1, 0.15) is 22.3 Å². The molecular formula is C49H27N3O2. The van der Waals surface area contributed by atoms with Crippen molar-refractivity contribution in [1.82, 2.24) is 9.13 Å². The number of hydrogen-bond acceptors (Lipinski definition) is 2. The van der Waals surface area contributed by atoms with E-state index in [2.05, 4.69) is 135 Å². The van der Waals surface area contributed by atoms with E-state index < -0.39 is 0 Å². The molecule has 4 heterocycles. The van der Waals surface area contributed by atoms with E-state index in [1.807, 2.05) is 42.5 Å². The lowest BCUT2D eigenvalue weighted by atomic mass is 10.0. The quantitative estimate of drug-likeness (QED) is 0.173. The molecule has 8 aromatic carbocycles. The molecule has 0 aliphatic heterocycles.